The van der Waals surface area contributed by atoms with E-state index >= 15 is 8.78 Å². The maximum absolute atomic E-state index is 15.6. The third-order valence-corrected chi connectivity index (χ3v) is 8.52. The minimum atomic E-state index is -1.62. The number of hydrogen-bond donors (Lipinski definition) is 1. The van der Waals surface area contributed by atoms with E-state index in [0.29, 0.717) is 63.8 Å². The lowest BCUT2D eigenvalue weighted by molar-refractivity contribution is -0.0179. The van der Waals surface area contributed by atoms with Crippen LogP contribution in [0, 0.1) is 11.6 Å². The van der Waals surface area contributed by atoms with Crippen molar-refractivity contribution in [2.75, 3.05) is 0 Å². The smallest absolute Gasteiger partial charge is 0.412 e. The molecule has 0 saturated carbocycles. The quantitative estimate of drug-likeness (QED) is 0.164. The topological polar surface area (TPSA) is 117 Å². The van der Waals surface area contributed by atoms with Crippen LogP contribution in [-0.2, 0) is 23.5 Å². The Morgan fingerprint density at radius 2 is 1.33 bits per heavy atom. The second kappa shape index (κ2) is 12.7. The minimum Gasteiger partial charge on any atom is -0.444 e. The lowest BCUT2D eigenvalue weighted by Gasteiger charge is -2.41. The number of hydrogen-bond acceptors (Lipinski definition) is 7. The van der Waals surface area contributed by atoms with E-state index in [2.05, 4.69) is 9.97 Å². The Labute approximate surface area is 283 Å². The van der Waals surface area contributed by atoms with Gasteiger partial charge in [-0.2, -0.15) is 0 Å². The van der Waals surface area contributed by atoms with Gasteiger partial charge >= 0.3 is 6.09 Å². The molecule has 4 aromatic heterocycles. The number of aromatic nitrogens is 6. The number of pyridine rings is 2. The molecular formula is C37H40F2N8O2. The van der Waals surface area contributed by atoms with Crippen molar-refractivity contribution in [3.05, 3.63) is 96.3 Å². The second-order valence-corrected chi connectivity index (χ2v) is 13.1. The van der Waals surface area contributed by atoms with E-state index in [1.54, 1.807) is 95.5 Å². The average Bonchev–Trinajstić information content (AvgIpc) is 3.63. The van der Waals surface area contributed by atoms with Crippen LogP contribution in [0.3, 0.4) is 0 Å². The van der Waals surface area contributed by atoms with Crippen LogP contribution in [0.5, 0.6) is 0 Å². The Balaban J connectivity index is 1.58. The number of halogens is 2. The Morgan fingerprint density at radius 3 is 1.80 bits per heavy atom. The maximum Gasteiger partial charge on any atom is 0.412 e. The molecule has 49 heavy (non-hydrogen) atoms. The zero-order valence-electron chi connectivity index (χ0n) is 28.7. The summed E-state index contributed by atoms with van der Waals surface area (Å²) in [6, 6.07) is 15.7. The van der Waals surface area contributed by atoms with Crippen LogP contribution in [0.4, 0.5) is 13.6 Å². The van der Waals surface area contributed by atoms with Gasteiger partial charge in [-0.25, -0.2) is 23.5 Å². The highest BCUT2D eigenvalue weighted by Crippen LogP contribution is 2.40. The van der Waals surface area contributed by atoms with Crippen LogP contribution in [0.1, 0.15) is 66.2 Å². The van der Waals surface area contributed by atoms with E-state index in [4.69, 9.17) is 20.4 Å². The Morgan fingerprint density at radius 1 is 0.816 bits per heavy atom. The number of nitrogens with two attached hydrogens (primary N) is 1. The lowest BCUT2D eigenvalue weighted by atomic mass is 10.1. The molecule has 0 bridgehead atoms. The lowest BCUT2D eigenvalue weighted by Crippen LogP contribution is -2.57. The van der Waals surface area contributed by atoms with Gasteiger partial charge in [-0.3, -0.25) is 14.9 Å². The molecule has 6 rings (SSSR count). The van der Waals surface area contributed by atoms with Gasteiger partial charge in [-0.15, -0.1) is 0 Å². The number of imidazole rings is 2. The van der Waals surface area contributed by atoms with Crippen molar-refractivity contribution < 1.29 is 18.3 Å². The van der Waals surface area contributed by atoms with Gasteiger partial charge in [0.25, 0.3) is 0 Å². The standard InChI is InChI=1S/C37H40F2N8O2/c1-8-45-31-27(18-16-23(38)29(31)25-14-10-12-20-41-25)43-33(45)22(3)47(35(48)49-36(4,5)6)37(7,40)34-44-28-19-17-24(39)30(32(28)46(34)9-2)26-15-11-13-21-42-26/h10-22H,8-9,40H2,1-7H3/t22-,37-/m0/s1. The summed E-state index contributed by atoms with van der Waals surface area (Å²) in [6.45, 7) is 13.4. The molecule has 12 heteroatoms. The number of carbonyl (C=O) groups is 1. The highest BCUT2D eigenvalue weighted by molar-refractivity contribution is 5.93. The largest absolute Gasteiger partial charge is 0.444 e. The van der Waals surface area contributed by atoms with Crippen LogP contribution in [0.25, 0.3) is 44.6 Å². The first-order valence-electron chi connectivity index (χ1n) is 16.3. The van der Waals surface area contributed by atoms with Gasteiger partial charge in [0, 0.05) is 25.5 Å². The SMILES string of the molecule is CCn1c([C@H](C)N(C(=O)OC(C)(C)C)[C@](C)(N)c2nc3ccc(F)c(-c4ccccn4)c3n2CC)nc2ccc(F)c(-c3ccccn3)c21. The van der Waals surface area contributed by atoms with E-state index in [0.717, 1.165) is 0 Å². The summed E-state index contributed by atoms with van der Waals surface area (Å²) in [5.74, 6) is -0.136. The average molecular weight is 667 g/mol. The zero-order chi connectivity index (χ0) is 35.2. The molecule has 0 saturated heterocycles. The van der Waals surface area contributed by atoms with Gasteiger partial charge in [-0.05, 0) is 97.0 Å². The van der Waals surface area contributed by atoms with Gasteiger partial charge in [0.1, 0.15) is 23.1 Å². The Kier molecular flexibility index (Phi) is 8.70. The van der Waals surface area contributed by atoms with Crippen molar-refractivity contribution in [2.45, 2.75) is 78.9 Å². The van der Waals surface area contributed by atoms with Gasteiger partial charge in [0.05, 0.1) is 50.6 Å². The highest BCUT2D eigenvalue weighted by Gasteiger charge is 2.45. The van der Waals surface area contributed by atoms with Crippen LogP contribution in [0.2, 0.25) is 0 Å². The molecule has 0 radical (unpaired) electrons. The van der Waals surface area contributed by atoms with Gasteiger partial charge in [-0.1, -0.05) is 12.1 Å². The molecule has 0 aliphatic rings. The molecule has 10 nitrogen and oxygen atoms in total. The van der Waals surface area contributed by atoms with Crippen LogP contribution in [-0.4, -0.2) is 45.7 Å². The van der Waals surface area contributed by atoms with Crippen LogP contribution >= 0.6 is 0 Å². The predicted octanol–water partition coefficient (Wildman–Crippen LogP) is 7.96. The third-order valence-electron chi connectivity index (χ3n) is 8.52. The number of rotatable bonds is 8. The van der Waals surface area contributed by atoms with E-state index in [9.17, 15) is 4.79 Å². The second-order valence-electron chi connectivity index (χ2n) is 13.1. The van der Waals surface area contributed by atoms with Gasteiger partial charge in [0.15, 0.2) is 11.5 Å². The van der Waals surface area contributed by atoms with Crippen LogP contribution < -0.4 is 5.73 Å². The summed E-state index contributed by atoms with van der Waals surface area (Å²) in [4.78, 5) is 34.4. The van der Waals surface area contributed by atoms with Crippen molar-refractivity contribution in [2.24, 2.45) is 5.73 Å². The molecule has 0 unspecified atom stereocenters. The summed E-state index contributed by atoms with van der Waals surface area (Å²) in [7, 11) is 0. The molecule has 0 fully saturated rings. The van der Waals surface area contributed by atoms with E-state index < -0.39 is 35.0 Å². The molecule has 2 aromatic carbocycles. The zero-order valence-corrected chi connectivity index (χ0v) is 28.7. The van der Waals surface area contributed by atoms with Crippen LogP contribution in [0.15, 0.2) is 73.1 Å². The number of amides is 1. The van der Waals surface area contributed by atoms with E-state index in [-0.39, 0.29) is 5.56 Å². The van der Waals surface area contributed by atoms with E-state index in [1.807, 2.05) is 23.0 Å². The fraction of sp³-hybridized carbons (Fsp3) is 0.324. The first kappa shape index (κ1) is 33.7. The number of aryl methyl sites for hydroxylation is 2. The first-order chi connectivity index (χ1) is 23.3. The molecule has 0 aliphatic heterocycles. The molecule has 4 heterocycles. The Hall–Kier alpha value is -5.23. The molecule has 2 N–H and O–H groups in total. The van der Waals surface area contributed by atoms with Crippen molar-refractivity contribution >= 4 is 28.2 Å². The molecule has 2 atom stereocenters. The summed E-state index contributed by atoms with van der Waals surface area (Å²) in [5.41, 5.74) is 8.32. The van der Waals surface area contributed by atoms with Gasteiger partial charge in [0.2, 0.25) is 0 Å². The van der Waals surface area contributed by atoms with Crippen molar-refractivity contribution in [1.82, 2.24) is 34.0 Å². The van der Waals surface area contributed by atoms with E-state index in [1.165, 1.54) is 17.0 Å². The minimum absolute atomic E-state index is 0.281. The molecule has 1 amide bonds. The van der Waals surface area contributed by atoms with Crippen molar-refractivity contribution in [1.29, 1.82) is 0 Å². The number of carbonyl (C=O) groups excluding carboxylic acids is 1. The predicted molar refractivity (Wildman–Crippen MR) is 185 cm³/mol. The number of nitrogens with zero attached hydrogens (tertiary/aromatic N) is 7. The Bertz CT molecular complexity index is 2150. The molecular weight excluding hydrogens is 626 g/mol. The van der Waals surface area contributed by atoms with Gasteiger partial charge < -0.3 is 19.6 Å². The summed E-state index contributed by atoms with van der Waals surface area (Å²) in [6.07, 6.45) is 2.51. The highest BCUT2D eigenvalue weighted by atomic mass is 19.1. The molecule has 6 aromatic rings. The summed E-state index contributed by atoms with van der Waals surface area (Å²) >= 11 is 0. The number of benzene rings is 2. The number of ether oxygens (including phenoxy) is 1. The molecule has 0 aliphatic carbocycles. The number of fused-ring (bicyclic) bond motifs is 2. The maximum atomic E-state index is 15.6. The summed E-state index contributed by atoms with van der Waals surface area (Å²) < 4.78 is 40.8. The fourth-order valence-electron chi connectivity index (χ4n) is 6.54. The van der Waals surface area contributed by atoms with Crippen molar-refractivity contribution in [3.63, 3.8) is 0 Å². The van der Waals surface area contributed by atoms with Crippen molar-refractivity contribution in [3.8, 4) is 22.5 Å². The molecule has 0 spiro atoms. The first-order valence-corrected chi connectivity index (χ1v) is 16.3. The third kappa shape index (κ3) is 5.90. The normalized spacial score (nSPS) is 13.8. The fourth-order valence-corrected chi connectivity index (χ4v) is 6.54. The monoisotopic (exact) mass is 666 g/mol. The molecule has 254 valence electrons. The summed E-state index contributed by atoms with van der Waals surface area (Å²) in [5, 5.41) is 0.